The van der Waals surface area contributed by atoms with Gasteiger partial charge in [0, 0.05) is 19.3 Å². The number of aromatic nitrogens is 2. The number of sulfonamides is 1. The Kier molecular flexibility index (Phi) is 5.45. The summed E-state index contributed by atoms with van der Waals surface area (Å²) in [6.45, 7) is 3.82. The van der Waals surface area contributed by atoms with Crippen LogP contribution in [0.25, 0.3) is 0 Å². The van der Waals surface area contributed by atoms with Crippen LogP contribution < -0.4 is 4.72 Å². The van der Waals surface area contributed by atoms with E-state index in [0.717, 1.165) is 10.9 Å². The van der Waals surface area contributed by atoms with E-state index in [2.05, 4.69) is 9.82 Å². The largest absolute Gasteiger partial charge is 0.480 e. The van der Waals surface area contributed by atoms with Crippen molar-refractivity contribution in [2.45, 2.75) is 31.4 Å². The summed E-state index contributed by atoms with van der Waals surface area (Å²) < 4.78 is 32.4. The highest BCUT2D eigenvalue weighted by Crippen LogP contribution is 2.07. The fraction of sp³-hybridized carbons (Fsp3) is 0.600. The zero-order valence-corrected chi connectivity index (χ0v) is 11.6. The summed E-state index contributed by atoms with van der Waals surface area (Å²) in [6.07, 6.45) is 2.03. The molecule has 0 fully saturated rings. The number of rotatable bonds is 8. The predicted molar refractivity (Wildman–Crippen MR) is 66.1 cm³/mol. The average molecular weight is 291 g/mol. The first-order chi connectivity index (χ1) is 8.85. The molecule has 8 nitrogen and oxygen atoms in total. The van der Waals surface area contributed by atoms with Gasteiger partial charge in [0.2, 0.25) is 10.0 Å². The van der Waals surface area contributed by atoms with Gasteiger partial charge in [0.05, 0.1) is 12.3 Å². The van der Waals surface area contributed by atoms with Crippen molar-refractivity contribution < 1.29 is 23.1 Å². The number of carboxylic acids is 1. The van der Waals surface area contributed by atoms with E-state index in [4.69, 9.17) is 9.84 Å². The number of nitrogens with zero attached hydrogens (tertiary/aromatic N) is 2. The maximum absolute atomic E-state index is 11.9. The minimum atomic E-state index is -3.69. The highest BCUT2D eigenvalue weighted by molar-refractivity contribution is 7.89. The maximum Gasteiger partial charge on any atom is 0.325 e. The Morgan fingerprint density at radius 2 is 2.32 bits per heavy atom. The number of carbonyl (C=O) groups is 1. The third-order valence-electron chi connectivity index (χ3n) is 2.23. The van der Waals surface area contributed by atoms with Crippen molar-refractivity contribution in [3.63, 3.8) is 0 Å². The van der Waals surface area contributed by atoms with Crippen LogP contribution in [0.1, 0.15) is 13.8 Å². The summed E-state index contributed by atoms with van der Waals surface area (Å²) in [4.78, 5) is 10.4. The van der Waals surface area contributed by atoms with Crippen molar-refractivity contribution in [2.24, 2.45) is 0 Å². The standard InChI is InChI=1S/C10H17N3O5S/c1-3-18-8(2)4-12-19(16,17)9-5-11-13(6-9)7-10(14)15/h5-6,8,12H,3-4,7H2,1-2H3,(H,14,15). The Balaban J connectivity index is 2.66. The molecule has 0 radical (unpaired) electrons. The predicted octanol–water partition coefficient (Wildman–Crippen LogP) is -0.329. The summed E-state index contributed by atoms with van der Waals surface area (Å²) in [5, 5.41) is 12.2. The molecule has 0 bridgehead atoms. The molecule has 1 rings (SSSR count). The van der Waals surface area contributed by atoms with E-state index in [0.29, 0.717) is 6.61 Å². The van der Waals surface area contributed by atoms with E-state index in [9.17, 15) is 13.2 Å². The van der Waals surface area contributed by atoms with E-state index < -0.39 is 16.0 Å². The van der Waals surface area contributed by atoms with Gasteiger partial charge in [0.15, 0.2) is 0 Å². The Labute approximate surface area is 111 Å². The molecule has 19 heavy (non-hydrogen) atoms. The number of carboxylic acid groups (broad SMARTS) is 1. The lowest BCUT2D eigenvalue weighted by atomic mass is 10.4. The molecule has 0 aliphatic rings. The number of ether oxygens (including phenoxy) is 1. The molecule has 2 N–H and O–H groups in total. The van der Waals surface area contributed by atoms with Gasteiger partial charge in [0.25, 0.3) is 0 Å². The summed E-state index contributed by atoms with van der Waals surface area (Å²) in [7, 11) is -3.69. The Hall–Kier alpha value is -1.45. The van der Waals surface area contributed by atoms with Crippen LogP contribution >= 0.6 is 0 Å². The highest BCUT2D eigenvalue weighted by atomic mass is 32.2. The molecular weight excluding hydrogens is 274 g/mol. The Morgan fingerprint density at radius 1 is 1.63 bits per heavy atom. The molecule has 0 amide bonds. The van der Waals surface area contributed by atoms with Crippen LogP contribution in [0.5, 0.6) is 0 Å². The normalized spacial score (nSPS) is 13.4. The van der Waals surface area contributed by atoms with Gasteiger partial charge in [-0.25, -0.2) is 13.1 Å². The molecule has 1 aromatic rings. The van der Waals surface area contributed by atoms with Crippen LogP contribution in [-0.2, 0) is 26.1 Å². The van der Waals surface area contributed by atoms with Gasteiger partial charge < -0.3 is 9.84 Å². The lowest BCUT2D eigenvalue weighted by molar-refractivity contribution is -0.137. The van der Waals surface area contributed by atoms with Crippen molar-refractivity contribution in [1.29, 1.82) is 0 Å². The molecule has 9 heteroatoms. The van der Waals surface area contributed by atoms with E-state index in [1.807, 2.05) is 6.92 Å². The smallest absolute Gasteiger partial charge is 0.325 e. The molecule has 108 valence electrons. The van der Waals surface area contributed by atoms with Crippen LogP contribution in [0, 0.1) is 0 Å². The second-order valence-electron chi connectivity index (χ2n) is 3.89. The highest BCUT2D eigenvalue weighted by Gasteiger charge is 2.17. The number of hydrogen-bond donors (Lipinski definition) is 2. The molecule has 0 aromatic carbocycles. The van der Waals surface area contributed by atoms with Gasteiger partial charge in [-0.2, -0.15) is 5.10 Å². The zero-order chi connectivity index (χ0) is 14.5. The second kappa shape index (κ2) is 6.64. The van der Waals surface area contributed by atoms with Gasteiger partial charge in [-0.3, -0.25) is 9.48 Å². The van der Waals surface area contributed by atoms with Crippen LogP contribution in [0.2, 0.25) is 0 Å². The third-order valence-corrected chi connectivity index (χ3v) is 3.61. The summed E-state index contributed by atoms with van der Waals surface area (Å²) in [5.74, 6) is -1.09. The van der Waals surface area contributed by atoms with Crippen molar-refractivity contribution >= 4 is 16.0 Å². The Bertz CT molecular complexity index is 525. The molecule has 0 aliphatic carbocycles. The average Bonchev–Trinajstić information content (AvgIpc) is 2.75. The van der Waals surface area contributed by atoms with E-state index >= 15 is 0 Å². The van der Waals surface area contributed by atoms with Gasteiger partial charge in [-0.05, 0) is 13.8 Å². The minimum absolute atomic E-state index is 0.0718. The molecule has 1 aromatic heterocycles. The second-order valence-corrected chi connectivity index (χ2v) is 5.65. The topological polar surface area (TPSA) is 111 Å². The van der Waals surface area contributed by atoms with Crippen LogP contribution in [-0.4, -0.2) is 48.5 Å². The van der Waals surface area contributed by atoms with Gasteiger partial charge >= 0.3 is 5.97 Å². The van der Waals surface area contributed by atoms with Gasteiger partial charge in [0.1, 0.15) is 11.4 Å². The quantitative estimate of drug-likeness (QED) is 0.678. The lowest BCUT2D eigenvalue weighted by Gasteiger charge is -2.11. The molecule has 1 heterocycles. The van der Waals surface area contributed by atoms with Crippen LogP contribution in [0.15, 0.2) is 17.3 Å². The molecule has 1 atom stereocenters. The summed E-state index contributed by atoms with van der Waals surface area (Å²) in [5.41, 5.74) is 0. The van der Waals surface area contributed by atoms with Crippen LogP contribution in [0.4, 0.5) is 0 Å². The molecule has 0 saturated carbocycles. The molecule has 1 unspecified atom stereocenters. The van der Waals surface area contributed by atoms with Gasteiger partial charge in [-0.1, -0.05) is 0 Å². The van der Waals surface area contributed by atoms with Crippen molar-refractivity contribution in [3.05, 3.63) is 12.4 Å². The van der Waals surface area contributed by atoms with Gasteiger partial charge in [-0.15, -0.1) is 0 Å². The molecule has 0 aliphatic heterocycles. The summed E-state index contributed by atoms with van der Waals surface area (Å²) >= 11 is 0. The fourth-order valence-corrected chi connectivity index (χ4v) is 2.43. The Morgan fingerprint density at radius 3 is 2.89 bits per heavy atom. The SMILES string of the molecule is CCOC(C)CNS(=O)(=O)c1cnn(CC(=O)O)c1. The van der Waals surface area contributed by atoms with Crippen molar-refractivity contribution in [2.75, 3.05) is 13.2 Å². The summed E-state index contributed by atoms with van der Waals surface area (Å²) in [6, 6.07) is 0. The monoisotopic (exact) mass is 291 g/mol. The molecule has 0 saturated heterocycles. The fourth-order valence-electron chi connectivity index (χ4n) is 1.36. The third kappa shape index (κ3) is 4.97. The first-order valence-electron chi connectivity index (χ1n) is 5.70. The van der Waals surface area contributed by atoms with E-state index in [1.54, 1.807) is 6.92 Å². The van der Waals surface area contributed by atoms with Crippen molar-refractivity contribution in [1.82, 2.24) is 14.5 Å². The number of hydrogen-bond acceptors (Lipinski definition) is 5. The van der Waals surface area contributed by atoms with E-state index in [1.165, 1.54) is 6.20 Å². The lowest BCUT2D eigenvalue weighted by Crippen LogP contribution is -2.32. The minimum Gasteiger partial charge on any atom is -0.480 e. The first kappa shape index (κ1) is 15.6. The first-order valence-corrected chi connectivity index (χ1v) is 7.19. The van der Waals surface area contributed by atoms with E-state index in [-0.39, 0.29) is 24.1 Å². The van der Waals surface area contributed by atoms with Crippen LogP contribution in [0.3, 0.4) is 0 Å². The zero-order valence-electron chi connectivity index (χ0n) is 10.7. The molecule has 0 spiro atoms. The maximum atomic E-state index is 11.9. The number of aliphatic carboxylic acids is 1. The molecular formula is C10H17N3O5S. The number of nitrogens with one attached hydrogen (secondary N) is 1. The van der Waals surface area contributed by atoms with Crippen molar-refractivity contribution in [3.8, 4) is 0 Å².